The molecule has 116 valence electrons. The second kappa shape index (κ2) is 6.25. The number of pyridine rings is 1. The van der Waals surface area contributed by atoms with Gasteiger partial charge in [0, 0.05) is 57.9 Å². The van der Waals surface area contributed by atoms with Gasteiger partial charge in [-0.05, 0) is 23.3 Å². The summed E-state index contributed by atoms with van der Waals surface area (Å²) >= 11 is 0. The zero-order chi connectivity index (χ0) is 16.4. The van der Waals surface area contributed by atoms with Gasteiger partial charge in [0.15, 0.2) is 11.4 Å². The summed E-state index contributed by atoms with van der Waals surface area (Å²) in [6, 6.07) is 23.7. The summed E-state index contributed by atoms with van der Waals surface area (Å²) in [4.78, 5) is 2.12. The van der Waals surface area contributed by atoms with Gasteiger partial charge in [-0.1, -0.05) is 30.3 Å². The molecule has 0 N–H and O–H groups in total. The van der Waals surface area contributed by atoms with Gasteiger partial charge in [-0.25, -0.2) is 0 Å². The third kappa shape index (κ3) is 3.11. The predicted molar refractivity (Wildman–Crippen MR) is 97.2 cm³/mol. The molecule has 1 heterocycles. The molecule has 0 saturated carbocycles. The van der Waals surface area contributed by atoms with Crippen LogP contribution in [0.25, 0.3) is 16.8 Å². The van der Waals surface area contributed by atoms with E-state index in [1.54, 1.807) is 0 Å². The van der Waals surface area contributed by atoms with Gasteiger partial charge in [0.1, 0.15) is 0 Å². The Morgan fingerprint density at radius 2 is 1.26 bits per heavy atom. The molecule has 2 heteroatoms. The molecule has 0 aliphatic heterocycles. The fraction of sp³-hybridized carbons (Fsp3) is 0.190. The number of nitrogens with zero attached hydrogens (tertiary/aromatic N) is 2. The van der Waals surface area contributed by atoms with Crippen LogP contribution < -0.4 is 9.47 Å². The first-order chi connectivity index (χ1) is 11.1. The number of aryl methyl sites for hydroxylation is 2. The summed E-state index contributed by atoms with van der Waals surface area (Å²) in [5.74, 6) is 0. The molecule has 3 rings (SSSR count). The second-order valence-electron chi connectivity index (χ2n) is 6.14. The topological polar surface area (TPSA) is 7.12 Å². The van der Waals surface area contributed by atoms with Gasteiger partial charge in [0.05, 0.1) is 0 Å². The standard InChI is InChI=1S/C21H23N2/c1-16-14-19(18-10-12-20(13-11-18)22(3)4)15-17(2)23(16)21-8-6-5-7-9-21/h5-15H,1-4H3/q+1. The Kier molecular flexibility index (Phi) is 4.16. The third-order valence-electron chi connectivity index (χ3n) is 4.17. The van der Waals surface area contributed by atoms with Crippen molar-refractivity contribution >= 4 is 5.69 Å². The fourth-order valence-corrected chi connectivity index (χ4v) is 3.00. The lowest BCUT2D eigenvalue weighted by Crippen LogP contribution is -2.37. The lowest BCUT2D eigenvalue weighted by Gasteiger charge is -2.13. The molecule has 0 unspecified atom stereocenters. The van der Waals surface area contributed by atoms with E-state index in [2.05, 4.69) is 104 Å². The molecular weight excluding hydrogens is 280 g/mol. The summed E-state index contributed by atoms with van der Waals surface area (Å²) in [6.45, 7) is 4.33. The van der Waals surface area contributed by atoms with E-state index in [-0.39, 0.29) is 0 Å². The van der Waals surface area contributed by atoms with Gasteiger partial charge < -0.3 is 4.90 Å². The Morgan fingerprint density at radius 3 is 1.78 bits per heavy atom. The van der Waals surface area contributed by atoms with Crippen LogP contribution in [-0.4, -0.2) is 14.1 Å². The molecule has 3 aromatic rings. The molecule has 0 spiro atoms. The predicted octanol–water partition coefficient (Wildman–Crippen LogP) is 4.31. The van der Waals surface area contributed by atoms with Gasteiger partial charge in [0.2, 0.25) is 5.69 Å². The molecule has 23 heavy (non-hydrogen) atoms. The first-order valence-corrected chi connectivity index (χ1v) is 7.93. The average Bonchev–Trinajstić information content (AvgIpc) is 2.55. The zero-order valence-corrected chi connectivity index (χ0v) is 14.2. The van der Waals surface area contributed by atoms with Crippen molar-refractivity contribution in [3.63, 3.8) is 0 Å². The smallest absolute Gasteiger partial charge is 0.211 e. The minimum Gasteiger partial charge on any atom is -0.378 e. The summed E-state index contributed by atoms with van der Waals surface area (Å²) in [5, 5.41) is 0. The van der Waals surface area contributed by atoms with Crippen LogP contribution in [0.2, 0.25) is 0 Å². The van der Waals surface area contributed by atoms with Crippen molar-refractivity contribution in [1.82, 2.24) is 0 Å². The molecule has 0 saturated heterocycles. The Morgan fingerprint density at radius 1 is 0.696 bits per heavy atom. The van der Waals surface area contributed by atoms with Crippen molar-refractivity contribution in [3.8, 4) is 16.8 Å². The summed E-state index contributed by atoms with van der Waals surface area (Å²) in [6.07, 6.45) is 0. The lowest BCUT2D eigenvalue weighted by atomic mass is 10.0. The number of anilines is 1. The maximum Gasteiger partial charge on any atom is 0.211 e. The van der Waals surface area contributed by atoms with Crippen molar-refractivity contribution in [2.75, 3.05) is 19.0 Å². The maximum atomic E-state index is 2.29. The quantitative estimate of drug-likeness (QED) is 0.654. The number of hydrogen-bond donors (Lipinski definition) is 0. The largest absolute Gasteiger partial charge is 0.378 e. The molecule has 2 nitrogen and oxygen atoms in total. The van der Waals surface area contributed by atoms with E-state index in [0.29, 0.717) is 0 Å². The van der Waals surface area contributed by atoms with Gasteiger partial charge in [0.25, 0.3) is 0 Å². The first kappa shape index (κ1) is 15.3. The highest BCUT2D eigenvalue weighted by Gasteiger charge is 2.16. The van der Waals surface area contributed by atoms with Gasteiger partial charge in [-0.15, -0.1) is 0 Å². The van der Waals surface area contributed by atoms with Crippen LogP contribution in [0.15, 0.2) is 66.7 Å². The highest BCUT2D eigenvalue weighted by Crippen LogP contribution is 2.23. The van der Waals surface area contributed by atoms with Crippen molar-refractivity contribution < 1.29 is 4.57 Å². The van der Waals surface area contributed by atoms with Crippen molar-refractivity contribution in [2.45, 2.75) is 13.8 Å². The van der Waals surface area contributed by atoms with E-state index in [1.165, 1.54) is 33.9 Å². The molecule has 0 atom stereocenters. The molecule has 1 aromatic heterocycles. The van der Waals surface area contributed by atoms with Gasteiger partial charge >= 0.3 is 0 Å². The third-order valence-corrected chi connectivity index (χ3v) is 4.17. The Labute approximate surface area is 138 Å². The Hall–Kier alpha value is -2.61. The highest BCUT2D eigenvalue weighted by molar-refractivity contribution is 5.66. The summed E-state index contributed by atoms with van der Waals surface area (Å²) in [7, 11) is 4.13. The lowest BCUT2D eigenvalue weighted by molar-refractivity contribution is -0.609. The molecule has 0 amide bonds. The summed E-state index contributed by atoms with van der Waals surface area (Å²) < 4.78 is 2.29. The maximum absolute atomic E-state index is 2.29. The molecular formula is C21H23N2+. The number of para-hydroxylation sites is 1. The monoisotopic (exact) mass is 303 g/mol. The van der Waals surface area contributed by atoms with Crippen LogP contribution in [0.1, 0.15) is 11.4 Å². The van der Waals surface area contributed by atoms with Crippen LogP contribution in [0.5, 0.6) is 0 Å². The number of aromatic nitrogens is 1. The fourth-order valence-electron chi connectivity index (χ4n) is 3.00. The van der Waals surface area contributed by atoms with Crippen molar-refractivity contribution in [3.05, 3.63) is 78.1 Å². The minimum absolute atomic E-state index is 1.21. The van der Waals surface area contributed by atoms with E-state index in [4.69, 9.17) is 0 Å². The SMILES string of the molecule is Cc1cc(-c2ccc(N(C)C)cc2)cc(C)[n+]1-c1ccccc1. The Balaban J connectivity index is 2.03. The van der Waals surface area contributed by atoms with E-state index >= 15 is 0 Å². The number of rotatable bonds is 3. The molecule has 0 aliphatic rings. The van der Waals surface area contributed by atoms with Crippen LogP contribution in [0, 0.1) is 13.8 Å². The van der Waals surface area contributed by atoms with E-state index in [1.807, 2.05) is 0 Å². The van der Waals surface area contributed by atoms with Gasteiger partial charge in [-0.3, -0.25) is 0 Å². The molecule has 2 aromatic carbocycles. The molecule has 0 bridgehead atoms. The molecule has 0 radical (unpaired) electrons. The van der Waals surface area contributed by atoms with Crippen LogP contribution in [0.4, 0.5) is 5.69 Å². The molecule has 0 fully saturated rings. The average molecular weight is 303 g/mol. The van der Waals surface area contributed by atoms with E-state index in [9.17, 15) is 0 Å². The van der Waals surface area contributed by atoms with Crippen molar-refractivity contribution in [2.24, 2.45) is 0 Å². The number of hydrogen-bond acceptors (Lipinski definition) is 1. The van der Waals surface area contributed by atoms with Crippen LogP contribution >= 0.6 is 0 Å². The van der Waals surface area contributed by atoms with Gasteiger partial charge in [-0.2, -0.15) is 4.57 Å². The Bertz CT molecular complexity index is 780. The van der Waals surface area contributed by atoms with Crippen LogP contribution in [0.3, 0.4) is 0 Å². The minimum atomic E-state index is 1.21. The molecule has 0 aliphatic carbocycles. The van der Waals surface area contributed by atoms with Crippen LogP contribution in [-0.2, 0) is 0 Å². The normalized spacial score (nSPS) is 10.6. The van der Waals surface area contributed by atoms with E-state index in [0.717, 1.165) is 0 Å². The zero-order valence-electron chi connectivity index (χ0n) is 14.2. The van der Waals surface area contributed by atoms with Crippen molar-refractivity contribution in [1.29, 1.82) is 0 Å². The van der Waals surface area contributed by atoms with E-state index < -0.39 is 0 Å². The second-order valence-corrected chi connectivity index (χ2v) is 6.14. The summed E-state index contributed by atoms with van der Waals surface area (Å²) in [5.41, 5.74) is 7.42. The first-order valence-electron chi connectivity index (χ1n) is 7.93. The highest BCUT2D eigenvalue weighted by atomic mass is 15.1. The number of benzene rings is 2.